The molecule has 0 bridgehead atoms. The predicted octanol–water partition coefficient (Wildman–Crippen LogP) is 1.65. The summed E-state index contributed by atoms with van der Waals surface area (Å²) in [6.45, 7) is 0.379. The first-order chi connectivity index (χ1) is 9.21. The summed E-state index contributed by atoms with van der Waals surface area (Å²) in [5.41, 5.74) is 6.54. The largest absolute Gasteiger partial charge is 0.497 e. The highest BCUT2D eigenvalue weighted by Gasteiger charge is 2.04. The average Bonchev–Trinajstić information content (AvgIpc) is 2.45. The summed E-state index contributed by atoms with van der Waals surface area (Å²) in [4.78, 5) is 7.85. The number of nitrogens with zero attached hydrogens (tertiary/aromatic N) is 2. The van der Waals surface area contributed by atoms with Crippen LogP contribution in [0.2, 0.25) is 0 Å². The van der Waals surface area contributed by atoms with Crippen LogP contribution in [0.1, 0.15) is 5.56 Å². The molecule has 0 aliphatic heterocycles. The van der Waals surface area contributed by atoms with Crippen LogP contribution in [0, 0.1) is 0 Å². The van der Waals surface area contributed by atoms with Crippen molar-refractivity contribution >= 4 is 5.95 Å². The lowest BCUT2D eigenvalue weighted by Gasteiger charge is -2.07. The van der Waals surface area contributed by atoms with E-state index >= 15 is 0 Å². The van der Waals surface area contributed by atoms with Gasteiger partial charge in [-0.1, -0.05) is 12.1 Å². The summed E-state index contributed by atoms with van der Waals surface area (Å²) >= 11 is 0. The van der Waals surface area contributed by atoms with E-state index in [1.165, 1.54) is 7.11 Å². The molecule has 6 nitrogen and oxygen atoms in total. The number of nitrogen functional groups attached to an aromatic ring is 1. The number of benzene rings is 1. The quantitative estimate of drug-likeness (QED) is 0.881. The van der Waals surface area contributed by atoms with Gasteiger partial charge in [-0.25, -0.2) is 0 Å². The van der Waals surface area contributed by atoms with E-state index in [9.17, 15) is 0 Å². The maximum atomic E-state index is 5.54. The standard InChI is InChI=1S/C13H15N3O3/c1-17-10-5-3-9(4-6-10)8-19-12-7-11(18-2)15-13(14)16-12/h3-7H,8H2,1-2H3,(H2,14,15,16). The zero-order chi connectivity index (χ0) is 13.7. The van der Waals surface area contributed by atoms with E-state index in [0.29, 0.717) is 18.4 Å². The van der Waals surface area contributed by atoms with E-state index in [-0.39, 0.29) is 5.95 Å². The third-order valence-electron chi connectivity index (χ3n) is 2.45. The van der Waals surface area contributed by atoms with Gasteiger partial charge in [-0.3, -0.25) is 0 Å². The lowest BCUT2D eigenvalue weighted by atomic mass is 10.2. The lowest BCUT2D eigenvalue weighted by molar-refractivity contribution is 0.290. The van der Waals surface area contributed by atoms with Crippen molar-refractivity contribution in [1.29, 1.82) is 0 Å². The van der Waals surface area contributed by atoms with Crippen LogP contribution < -0.4 is 19.9 Å². The van der Waals surface area contributed by atoms with Crippen molar-refractivity contribution in [3.63, 3.8) is 0 Å². The fourth-order valence-electron chi connectivity index (χ4n) is 1.48. The Balaban J connectivity index is 2.03. The molecule has 0 amide bonds. The van der Waals surface area contributed by atoms with E-state index in [1.54, 1.807) is 13.2 Å². The summed E-state index contributed by atoms with van der Waals surface area (Å²) in [5, 5.41) is 0. The Morgan fingerprint density at radius 3 is 2.32 bits per heavy atom. The molecule has 100 valence electrons. The molecule has 2 N–H and O–H groups in total. The molecule has 0 aliphatic carbocycles. The number of methoxy groups -OCH3 is 2. The first-order valence-corrected chi connectivity index (χ1v) is 5.65. The summed E-state index contributed by atoms with van der Waals surface area (Å²) < 4.78 is 15.6. The minimum absolute atomic E-state index is 0.115. The summed E-state index contributed by atoms with van der Waals surface area (Å²) in [7, 11) is 3.14. The smallest absolute Gasteiger partial charge is 0.226 e. The number of rotatable bonds is 5. The zero-order valence-electron chi connectivity index (χ0n) is 10.8. The molecule has 2 rings (SSSR count). The van der Waals surface area contributed by atoms with E-state index < -0.39 is 0 Å². The Labute approximate surface area is 111 Å². The van der Waals surface area contributed by atoms with Gasteiger partial charge in [0.15, 0.2) is 0 Å². The third kappa shape index (κ3) is 3.48. The van der Waals surface area contributed by atoms with Crippen molar-refractivity contribution in [1.82, 2.24) is 9.97 Å². The monoisotopic (exact) mass is 261 g/mol. The van der Waals surface area contributed by atoms with Crippen molar-refractivity contribution in [3.8, 4) is 17.5 Å². The molecular weight excluding hydrogens is 246 g/mol. The molecule has 6 heteroatoms. The lowest BCUT2D eigenvalue weighted by Crippen LogP contribution is -2.02. The molecule has 1 heterocycles. The van der Waals surface area contributed by atoms with Crippen molar-refractivity contribution < 1.29 is 14.2 Å². The number of hydrogen-bond donors (Lipinski definition) is 1. The molecule has 0 saturated carbocycles. The van der Waals surface area contributed by atoms with E-state index in [2.05, 4.69) is 9.97 Å². The normalized spacial score (nSPS) is 10.0. The summed E-state index contributed by atoms with van der Waals surface area (Å²) in [5.74, 6) is 1.66. The highest BCUT2D eigenvalue weighted by Crippen LogP contribution is 2.18. The maximum Gasteiger partial charge on any atom is 0.226 e. The average molecular weight is 261 g/mol. The van der Waals surface area contributed by atoms with Crippen LogP contribution >= 0.6 is 0 Å². The second kappa shape index (κ2) is 5.90. The number of anilines is 1. The number of aromatic nitrogens is 2. The van der Waals surface area contributed by atoms with Gasteiger partial charge in [-0.2, -0.15) is 9.97 Å². The molecule has 0 saturated heterocycles. The van der Waals surface area contributed by atoms with Gasteiger partial charge in [0.1, 0.15) is 12.4 Å². The number of nitrogens with two attached hydrogens (primary N) is 1. The van der Waals surface area contributed by atoms with Gasteiger partial charge in [0.05, 0.1) is 20.3 Å². The summed E-state index contributed by atoms with van der Waals surface area (Å²) in [6, 6.07) is 9.16. The summed E-state index contributed by atoms with van der Waals surface area (Å²) in [6.07, 6.45) is 0. The third-order valence-corrected chi connectivity index (χ3v) is 2.45. The number of hydrogen-bond acceptors (Lipinski definition) is 6. The number of ether oxygens (including phenoxy) is 3. The molecule has 0 radical (unpaired) electrons. The van der Waals surface area contributed by atoms with Crippen LogP contribution in [0.15, 0.2) is 30.3 Å². The molecular formula is C13H15N3O3. The molecule has 1 aromatic carbocycles. The van der Waals surface area contributed by atoms with Crippen molar-refractivity contribution in [2.24, 2.45) is 0 Å². The first kappa shape index (κ1) is 12.9. The molecule has 2 aromatic rings. The maximum absolute atomic E-state index is 5.54. The van der Waals surface area contributed by atoms with E-state index in [1.807, 2.05) is 24.3 Å². The SMILES string of the molecule is COc1ccc(COc2cc(OC)nc(N)n2)cc1. The van der Waals surface area contributed by atoms with Crippen LogP contribution in [0.4, 0.5) is 5.95 Å². The van der Waals surface area contributed by atoms with Gasteiger partial charge in [-0.05, 0) is 17.7 Å². The van der Waals surface area contributed by atoms with Crippen LogP contribution in [0.5, 0.6) is 17.5 Å². The van der Waals surface area contributed by atoms with Crippen LogP contribution in [-0.2, 0) is 6.61 Å². The van der Waals surface area contributed by atoms with Gasteiger partial charge < -0.3 is 19.9 Å². The predicted molar refractivity (Wildman–Crippen MR) is 70.3 cm³/mol. The Morgan fingerprint density at radius 2 is 1.68 bits per heavy atom. The van der Waals surface area contributed by atoms with Gasteiger partial charge in [0.2, 0.25) is 17.7 Å². The Bertz CT molecular complexity index is 543. The first-order valence-electron chi connectivity index (χ1n) is 5.65. The van der Waals surface area contributed by atoms with Crippen LogP contribution in [-0.4, -0.2) is 24.2 Å². The molecule has 0 spiro atoms. The van der Waals surface area contributed by atoms with Crippen molar-refractivity contribution in [2.75, 3.05) is 20.0 Å². The van der Waals surface area contributed by atoms with Gasteiger partial charge in [-0.15, -0.1) is 0 Å². The Morgan fingerprint density at radius 1 is 1.00 bits per heavy atom. The topological polar surface area (TPSA) is 79.5 Å². The molecule has 0 unspecified atom stereocenters. The zero-order valence-corrected chi connectivity index (χ0v) is 10.8. The highest BCUT2D eigenvalue weighted by atomic mass is 16.5. The fraction of sp³-hybridized carbons (Fsp3) is 0.231. The molecule has 1 aromatic heterocycles. The van der Waals surface area contributed by atoms with Crippen LogP contribution in [0.25, 0.3) is 0 Å². The molecule has 0 atom stereocenters. The molecule has 0 aliphatic rings. The van der Waals surface area contributed by atoms with E-state index in [0.717, 1.165) is 11.3 Å². The second-order valence-electron chi connectivity index (χ2n) is 3.74. The van der Waals surface area contributed by atoms with Gasteiger partial charge >= 0.3 is 0 Å². The van der Waals surface area contributed by atoms with Gasteiger partial charge in [0, 0.05) is 0 Å². The van der Waals surface area contributed by atoms with Crippen molar-refractivity contribution in [2.45, 2.75) is 6.61 Å². The highest BCUT2D eigenvalue weighted by molar-refractivity contribution is 5.30. The Kier molecular flexibility index (Phi) is 4.02. The van der Waals surface area contributed by atoms with Crippen LogP contribution in [0.3, 0.4) is 0 Å². The van der Waals surface area contributed by atoms with Crippen molar-refractivity contribution in [3.05, 3.63) is 35.9 Å². The molecule has 0 fully saturated rings. The van der Waals surface area contributed by atoms with Gasteiger partial charge in [0.25, 0.3) is 0 Å². The minimum atomic E-state index is 0.115. The fourth-order valence-corrected chi connectivity index (χ4v) is 1.48. The molecule has 19 heavy (non-hydrogen) atoms. The van der Waals surface area contributed by atoms with E-state index in [4.69, 9.17) is 19.9 Å². The minimum Gasteiger partial charge on any atom is -0.497 e. The Hall–Kier alpha value is -2.50. The second-order valence-corrected chi connectivity index (χ2v) is 3.74.